The molecule has 1 aliphatic rings. The Hall–Kier alpha value is -0.870. The fourth-order valence-electron chi connectivity index (χ4n) is 2.09. The van der Waals surface area contributed by atoms with Crippen molar-refractivity contribution in [1.29, 1.82) is 0 Å². The van der Waals surface area contributed by atoms with Gasteiger partial charge in [0.15, 0.2) is 0 Å². The zero-order chi connectivity index (χ0) is 15.5. The molecule has 6 heteroatoms. The highest BCUT2D eigenvalue weighted by Crippen LogP contribution is 2.33. The molecule has 0 aromatic carbocycles. The van der Waals surface area contributed by atoms with Crippen LogP contribution in [-0.2, 0) is 16.6 Å². The van der Waals surface area contributed by atoms with E-state index < -0.39 is 10.0 Å². The van der Waals surface area contributed by atoms with Crippen LogP contribution in [0.2, 0.25) is 0 Å². The first-order valence-corrected chi connectivity index (χ1v) is 9.48. The molecule has 1 saturated carbocycles. The van der Waals surface area contributed by atoms with Crippen LogP contribution in [0.1, 0.15) is 30.2 Å². The van der Waals surface area contributed by atoms with Crippen LogP contribution in [0.25, 0.3) is 0 Å². The first-order chi connectivity index (χ1) is 9.98. The predicted octanol–water partition coefficient (Wildman–Crippen LogP) is 2.20. The van der Waals surface area contributed by atoms with Gasteiger partial charge >= 0.3 is 0 Å². The fourth-order valence-corrected chi connectivity index (χ4v) is 5.24. The summed E-state index contributed by atoms with van der Waals surface area (Å²) < 4.78 is 27.3. The number of hydrogen-bond acceptors (Lipinski definition) is 4. The van der Waals surface area contributed by atoms with Crippen molar-refractivity contribution in [1.82, 2.24) is 9.62 Å². The van der Waals surface area contributed by atoms with Gasteiger partial charge in [-0.05, 0) is 43.9 Å². The van der Waals surface area contributed by atoms with Crippen molar-refractivity contribution < 1.29 is 8.42 Å². The normalized spacial score (nSPS) is 15.3. The lowest BCUT2D eigenvalue weighted by molar-refractivity contribution is 0.431. The Morgan fingerprint density at radius 2 is 2.24 bits per heavy atom. The SMILES string of the molecule is C#CCN(CC1CC1)S(=O)(=O)c1cc(C)c(CNCC)s1. The van der Waals surface area contributed by atoms with Crippen molar-refractivity contribution in [2.45, 2.75) is 37.4 Å². The van der Waals surface area contributed by atoms with Crippen LogP contribution < -0.4 is 5.32 Å². The summed E-state index contributed by atoms with van der Waals surface area (Å²) in [6.45, 7) is 6.26. The molecule has 0 bridgehead atoms. The predicted molar refractivity (Wildman–Crippen MR) is 86.8 cm³/mol. The van der Waals surface area contributed by atoms with Crippen LogP contribution in [0.4, 0.5) is 0 Å². The quantitative estimate of drug-likeness (QED) is 0.745. The molecule has 1 aromatic heterocycles. The van der Waals surface area contributed by atoms with Crippen molar-refractivity contribution in [3.8, 4) is 12.3 Å². The van der Waals surface area contributed by atoms with Gasteiger partial charge in [0.25, 0.3) is 10.0 Å². The van der Waals surface area contributed by atoms with Gasteiger partial charge in [0.1, 0.15) is 4.21 Å². The van der Waals surface area contributed by atoms with Gasteiger partial charge in [-0.25, -0.2) is 8.42 Å². The molecule has 0 atom stereocenters. The summed E-state index contributed by atoms with van der Waals surface area (Å²) in [6, 6.07) is 1.77. The van der Waals surface area contributed by atoms with E-state index in [9.17, 15) is 8.42 Å². The second kappa shape index (κ2) is 6.93. The van der Waals surface area contributed by atoms with Gasteiger partial charge < -0.3 is 5.32 Å². The zero-order valence-electron chi connectivity index (χ0n) is 12.6. The molecule has 0 aliphatic heterocycles. The molecule has 0 unspecified atom stereocenters. The third kappa shape index (κ3) is 4.07. The van der Waals surface area contributed by atoms with E-state index in [1.165, 1.54) is 15.6 Å². The average Bonchev–Trinajstić information content (AvgIpc) is 3.18. The lowest BCUT2D eigenvalue weighted by Crippen LogP contribution is -2.32. The fraction of sp³-hybridized carbons (Fsp3) is 0.600. The van der Waals surface area contributed by atoms with Crippen LogP contribution in [0.3, 0.4) is 0 Å². The molecule has 0 radical (unpaired) electrons. The number of nitrogens with zero attached hydrogens (tertiary/aromatic N) is 1. The van der Waals surface area contributed by atoms with Gasteiger partial charge in [0.2, 0.25) is 0 Å². The number of thiophene rings is 1. The van der Waals surface area contributed by atoms with Gasteiger partial charge in [-0.2, -0.15) is 4.31 Å². The van der Waals surface area contributed by atoms with E-state index >= 15 is 0 Å². The second-order valence-electron chi connectivity index (χ2n) is 5.40. The van der Waals surface area contributed by atoms with Gasteiger partial charge in [-0.15, -0.1) is 17.8 Å². The molecule has 0 amide bonds. The van der Waals surface area contributed by atoms with Crippen molar-refractivity contribution in [3.05, 3.63) is 16.5 Å². The molecule has 0 saturated heterocycles. The van der Waals surface area contributed by atoms with Crippen LogP contribution in [0.5, 0.6) is 0 Å². The Labute approximate surface area is 131 Å². The Bertz CT molecular complexity index is 625. The molecule has 21 heavy (non-hydrogen) atoms. The van der Waals surface area contributed by atoms with E-state index in [1.54, 1.807) is 6.07 Å². The van der Waals surface area contributed by atoms with E-state index in [4.69, 9.17) is 6.42 Å². The first-order valence-electron chi connectivity index (χ1n) is 7.22. The summed E-state index contributed by atoms with van der Waals surface area (Å²) in [6.07, 6.45) is 7.54. The molecular formula is C15H22N2O2S2. The molecule has 1 fully saturated rings. The highest BCUT2D eigenvalue weighted by atomic mass is 32.2. The highest BCUT2D eigenvalue weighted by Gasteiger charge is 2.32. The molecule has 1 aromatic rings. The van der Waals surface area contributed by atoms with E-state index in [0.29, 0.717) is 23.2 Å². The van der Waals surface area contributed by atoms with E-state index in [0.717, 1.165) is 29.8 Å². The van der Waals surface area contributed by atoms with E-state index in [1.807, 2.05) is 13.8 Å². The Morgan fingerprint density at radius 1 is 1.52 bits per heavy atom. The second-order valence-corrected chi connectivity index (χ2v) is 8.70. The number of rotatable bonds is 8. The number of nitrogens with one attached hydrogen (secondary N) is 1. The lowest BCUT2D eigenvalue weighted by atomic mass is 10.3. The van der Waals surface area contributed by atoms with Crippen LogP contribution >= 0.6 is 11.3 Å². The van der Waals surface area contributed by atoms with E-state index in [-0.39, 0.29) is 6.54 Å². The monoisotopic (exact) mass is 326 g/mol. The number of sulfonamides is 1. The lowest BCUT2D eigenvalue weighted by Gasteiger charge is -2.18. The largest absolute Gasteiger partial charge is 0.312 e. The summed E-state index contributed by atoms with van der Waals surface area (Å²) in [5.74, 6) is 2.95. The number of aryl methyl sites for hydroxylation is 1. The topological polar surface area (TPSA) is 49.4 Å². The number of hydrogen-bond donors (Lipinski definition) is 1. The van der Waals surface area contributed by atoms with Crippen molar-refractivity contribution in [2.24, 2.45) is 5.92 Å². The Kier molecular flexibility index (Phi) is 5.44. The molecule has 1 N–H and O–H groups in total. The molecular weight excluding hydrogens is 304 g/mol. The third-order valence-electron chi connectivity index (χ3n) is 3.55. The standard InChI is InChI=1S/C15H22N2O2S2/c1-4-8-17(11-13-6-7-13)21(18,19)15-9-12(3)14(20-15)10-16-5-2/h1,9,13,16H,5-8,10-11H2,2-3H3. The first kappa shape index (κ1) is 16.5. The van der Waals surface area contributed by atoms with Gasteiger partial charge in [-0.3, -0.25) is 0 Å². The maximum atomic E-state index is 12.7. The summed E-state index contributed by atoms with van der Waals surface area (Å²) in [7, 11) is -3.46. The molecule has 116 valence electrons. The highest BCUT2D eigenvalue weighted by molar-refractivity contribution is 7.91. The Balaban J connectivity index is 2.22. The minimum absolute atomic E-state index is 0.151. The van der Waals surface area contributed by atoms with Crippen molar-refractivity contribution in [3.63, 3.8) is 0 Å². The summed E-state index contributed by atoms with van der Waals surface area (Å²) in [5.41, 5.74) is 1.02. The zero-order valence-corrected chi connectivity index (χ0v) is 14.2. The molecule has 2 rings (SSSR count). The Morgan fingerprint density at radius 3 is 2.81 bits per heavy atom. The van der Waals surface area contributed by atoms with Gasteiger partial charge in [-0.1, -0.05) is 12.8 Å². The third-order valence-corrected chi connectivity index (χ3v) is 7.05. The van der Waals surface area contributed by atoms with Crippen LogP contribution in [0, 0.1) is 25.2 Å². The van der Waals surface area contributed by atoms with Crippen molar-refractivity contribution >= 4 is 21.4 Å². The summed E-state index contributed by atoms with van der Waals surface area (Å²) in [4.78, 5) is 1.07. The maximum absolute atomic E-state index is 12.7. The van der Waals surface area contributed by atoms with Gasteiger partial charge in [0.05, 0.1) is 6.54 Å². The summed E-state index contributed by atoms with van der Waals surface area (Å²) in [5, 5.41) is 3.24. The molecule has 1 heterocycles. The van der Waals surface area contributed by atoms with E-state index in [2.05, 4.69) is 11.2 Å². The van der Waals surface area contributed by atoms with Crippen LogP contribution in [0.15, 0.2) is 10.3 Å². The molecule has 4 nitrogen and oxygen atoms in total. The average molecular weight is 326 g/mol. The smallest absolute Gasteiger partial charge is 0.253 e. The number of terminal acetylenes is 1. The minimum Gasteiger partial charge on any atom is -0.312 e. The molecule has 1 aliphatic carbocycles. The maximum Gasteiger partial charge on any atom is 0.253 e. The molecule has 0 spiro atoms. The van der Waals surface area contributed by atoms with Crippen LogP contribution in [-0.4, -0.2) is 32.4 Å². The van der Waals surface area contributed by atoms with Crippen molar-refractivity contribution in [2.75, 3.05) is 19.6 Å². The van der Waals surface area contributed by atoms with Gasteiger partial charge in [0, 0.05) is 18.0 Å². The minimum atomic E-state index is -3.46. The summed E-state index contributed by atoms with van der Waals surface area (Å²) >= 11 is 1.35.